The molecule has 3 rings (SSSR count). The van der Waals surface area contributed by atoms with Gasteiger partial charge in [-0.05, 0) is 35.6 Å². The SMILES string of the molecule is OCC1(NCc2ccccc2Br)CCc2ccccc21. The summed E-state index contributed by atoms with van der Waals surface area (Å²) in [4.78, 5) is 0. The van der Waals surface area contributed by atoms with Gasteiger partial charge in [-0.1, -0.05) is 58.4 Å². The highest BCUT2D eigenvalue weighted by molar-refractivity contribution is 9.10. The zero-order valence-electron chi connectivity index (χ0n) is 11.3. The average molecular weight is 332 g/mol. The molecule has 3 heteroatoms. The number of hydrogen-bond acceptors (Lipinski definition) is 2. The fourth-order valence-corrected chi connectivity index (χ4v) is 3.42. The Labute approximate surface area is 128 Å². The van der Waals surface area contributed by atoms with Crippen LogP contribution in [0.5, 0.6) is 0 Å². The van der Waals surface area contributed by atoms with Crippen molar-refractivity contribution in [1.82, 2.24) is 5.32 Å². The summed E-state index contributed by atoms with van der Waals surface area (Å²) >= 11 is 3.57. The topological polar surface area (TPSA) is 32.3 Å². The summed E-state index contributed by atoms with van der Waals surface area (Å²) in [5.74, 6) is 0. The van der Waals surface area contributed by atoms with Crippen LogP contribution in [0.4, 0.5) is 0 Å². The van der Waals surface area contributed by atoms with Crippen LogP contribution in [-0.4, -0.2) is 11.7 Å². The Bertz CT molecular complexity index is 613. The number of halogens is 1. The van der Waals surface area contributed by atoms with Gasteiger partial charge >= 0.3 is 0 Å². The minimum absolute atomic E-state index is 0.133. The van der Waals surface area contributed by atoms with Crippen LogP contribution in [0.1, 0.15) is 23.1 Å². The number of fused-ring (bicyclic) bond motifs is 1. The Morgan fingerprint density at radius 3 is 2.65 bits per heavy atom. The van der Waals surface area contributed by atoms with Crippen LogP contribution in [0.15, 0.2) is 53.0 Å². The molecule has 2 aromatic carbocycles. The highest BCUT2D eigenvalue weighted by atomic mass is 79.9. The van der Waals surface area contributed by atoms with E-state index in [4.69, 9.17) is 0 Å². The fraction of sp³-hybridized carbons (Fsp3) is 0.294. The first kappa shape index (κ1) is 13.8. The minimum Gasteiger partial charge on any atom is -0.394 e. The van der Waals surface area contributed by atoms with Crippen molar-refractivity contribution in [2.24, 2.45) is 0 Å². The van der Waals surface area contributed by atoms with E-state index in [1.807, 2.05) is 18.2 Å². The molecule has 0 bridgehead atoms. The summed E-state index contributed by atoms with van der Waals surface area (Å²) in [6.07, 6.45) is 1.98. The molecule has 0 radical (unpaired) electrons. The highest BCUT2D eigenvalue weighted by Gasteiger charge is 2.37. The van der Waals surface area contributed by atoms with Gasteiger partial charge in [0.05, 0.1) is 12.1 Å². The molecule has 1 atom stereocenters. The van der Waals surface area contributed by atoms with Gasteiger partial charge in [0.15, 0.2) is 0 Å². The van der Waals surface area contributed by atoms with Crippen LogP contribution in [0, 0.1) is 0 Å². The van der Waals surface area contributed by atoms with E-state index in [-0.39, 0.29) is 12.1 Å². The molecule has 20 heavy (non-hydrogen) atoms. The molecule has 2 nitrogen and oxygen atoms in total. The van der Waals surface area contributed by atoms with Crippen LogP contribution in [-0.2, 0) is 18.5 Å². The molecule has 0 aromatic heterocycles. The van der Waals surface area contributed by atoms with Crippen molar-refractivity contribution < 1.29 is 5.11 Å². The zero-order valence-corrected chi connectivity index (χ0v) is 12.9. The van der Waals surface area contributed by atoms with Gasteiger partial charge in [0.1, 0.15) is 0 Å². The second kappa shape index (κ2) is 5.68. The number of aryl methyl sites for hydroxylation is 1. The van der Waals surface area contributed by atoms with Gasteiger partial charge in [0.25, 0.3) is 0 Å². The number of nitrogens with one attached hydrogen (secondary N) is 1. The third-order valence-corrected chi connectivity index (χ3v) is 4.97. The van der Waals surface area contributed by atoms with Gasteiger partial charge in [0.2, 0.25) is 0 Å². The van der Waals surface area contributed by atoms with Crippen molar-refractivity contribution in [2.45, 2.75) is 24.9 Å². The molecule has 1 aliphatic rings. The van der Waals surface area contributed by atoms with Crippen LogP contribution < -0.4 is 5.32 Å². The first-order valence-electron chi connectivity index (χ1n) is 6.93. The van der Waals surface area contributed by atoms with Crippen molar-refractivity contribution >= 4 is 15.9 Å². The molecular weight excluding hydrogens is 314 g/mol. The summed E-state index contributed by atoms with van der Waals surface area (Å²) in [6.45, 7) is 0.880. The van der Waals surface area contributed by atoms with E-state index in [0.29, 0.717) is 0 Å². The quantitative estimate of drug-likeness (QED) is 0.900. The maximum atomic E-state index is 9.94. The maximum Gasteiger partial charge on any atom is 0.0677 e. The van der Waals surface area contributed by atoms with Crippen LogP contribution in [0.2, 0.25) is 0 Å². The number of benzene rings is 2. The fourth-order valence-electron chi connectivity index (χ4n) is 3.00. The Morgan fingerprint density at radius 2 is 1.85 bits per heavy atom. The normalized spacial score (nSPS) is 20.9. The molecule has 2 N–H and O–H groups in total. The number of hydrogen-bond donors (Lipinski definition) is 2. The molecule has 0 heterocycles. The number of aliphatic hydroxyl groups excluding tert-OH is 1. The monoisotopic (exact) mass is 331 g/mol. The average Bonchev–Trinajstić information content (AvgIpc) is 2.86. The first-order chi connectivity index (χ1) is 9.75. The van der Waals surface area contributed by atoms with E-state index in [2.05, 4.69) is 51.6 Å². The lowest BCUT2D eigenvalue weighted by Gasteiger charge is -2.30. The number of rotatable bonds is 4. The predicted octanol–water partition coefficient (Wildman–Crippen LogP) is 3.37. The Morgan fingerprint density at radius 1 is 1.10 bits per heavy atom. The Hall–Kier alpha value is -1.16. The molecule has 0 aliphatic heterocycles. The lowest BCUT2D eigenvalue weighted by Crippen LogP contribution is -2.43. The standard InChI is InChI=1S/C17H18BrNO/c18-16-8-4-2-6-14(16)11-19-17(12-20)10-9-13-5-1-3-7-15(13)17/h1-8,19-20H,9-12H2. The van der Waals surface area contributed by atoms with E-state index in [9.17, 15) is 5.11 Å². The van der Waals surface area contributed by atoms with Gasteiger partial charge < -0.3 is 10.4 Å². The molecule has 0 saturated carbocycles. The van der Waals surface area contributed by atoms with Crippen molar-refractivity contribution in [3.05, 3.63) is 69.7 Å². The molecule has 0 spiro atoms. The van der Waals surface area contributed by atoms with Gasteiger partial charge in [-0.3, -0.25) is 0 Å². The third-order valence-electron chi connectivity index (χ3n) is 4.20. The first-order valence-corrected chi connectivity index (χ1v) is 7.72. The van der Waals surface area contributed by atoms with Crippen molar-refractivity contribution in [2.75, 3.05) is 6.61 Å². The van der Waals surface area contributed by atoms with Crippen LogP contribution in [0.25, 0.3) is 0 Å². The van der Waals surface area contributed by atoms with E-state index < -0.39 is 0 Å². The molecule has 0 amide bonds. The second-order valence-corrected chi connectivity index (χ2v) is 6.20. The summed E-state index contributed by atoms with van der Waals surface area (Å²) in [5.41, 5.74) is 3.51. The zero-order chi connectivity index (χ0) is 14.0. The van der Waals surface area contributed by atoms with E-state index in [1.54, 1.807) is 0 Å². The number of aliphatic hydroxyl groups is 1. The van der Waals surface area contributed by atoms with E-state index >= 15 is 0 Å². The van der Waals surface area contributed by atoms with Crippen LogP contribution in [0.3, 0.4) is 0 Å². The van der Waals surface area contributed by atoms with E-state index in [0.717, 1.165) is 23.9 Å². The predicted molar refractivity (Wildman–Crippen MR) is 84.5 cm³/mol. The summed E-state index contributed by atoms with van der Waals surface area (Å²) in [6, 6.07) is 16.6. The maximum absolute atomic E-state index is 9.94. The van der Waals surface area contributed by atoms with Crippen molar-refractivity contribution in [3.8, 4) is 0 Å². The smallest absolute Gasteiger partial charge is 0.0677 e. The van der Waals surface area contributed by atoms with Gasteiger partial charge in [-0.2, -0.15) is 0 Å². The van der Waals surface area contributed by atoms with Gasteiger partial charge in [-0.25, -0.2) is 0 Å². The molecule has 1 aliphatic carbocycles. The minimum atomic E-state index is -0.300. The molecule has 104 valence electrons. The Kier molecular flexibility index (Phi) is 3.92. The molecule has 0 fully saturated rings. The molecule has 2 aromatic rings. The molecule has 0 saturated heterocycles. The third kappa shape index (κ3) is 2.41. The highest BCUT2D eigenvalue weighted by Crippen LogP contribution is 2.36. The lowest BCUT2D eigenvalue weighted by atomic mass is 9.92. The van der Waals surface area contributed by atoms with Gasteiger partial charge in [-0.15, -0.1) is 0 Å². The second-order valence-electron chi connectivity index (χ2n) is 5.34. The lowest BCUT2D eigenvalue weighted by molar-refractivity contribution is 0.159. The van der Waals surface area contributed by atoms with Crippen molar-refractivity contribution in [1.29, 1.82) is 0 Å². The molecular formula is C17H18BrNO. The summed E-state index contributed by atoms with van der Waals surface area (Å²) < 4.78 is 1.10. The van der Waals surface area contributed by atoms with Gasteiger partial charge in [0, 0.05) is 11.0 Å². The Balaban J connectivity index is 1.84. The van der Waals surface area contributed by atoms with Crippen molar-refractivity contribution in [3.63, 3.8) is 0 Å². The summed E-state index contributed by atoms with van der Waals surface area (Å²) in [7, 11) is 0. The van der Waals surface area contributed by atoms with E-state index in [1.165, 1.54) is 16.7 Å². The summed E-state index contributed by atoms with van der Waals surface area (Å²) in [5, 5.41) is 13.5. The molecule has 1 unspecified atom stereocenters. The van der Waals surface area contributed by atoms with Crippen LogP contribution >= 0.6 is 15.9 Å². The largest absolute Gasteiger partial charge is 0.394 e.